The number of carbonyl (C=O) groups excluding carboxylic acids is 1. The highest BCUT2D eigenvalue weighted by atomic mass is 32.2. The molecule has 24 heavy (non-hydrogen) atoms. The van der Waals surface area contributed by atoms with Gasteiger partial charge in [-0.15, -0.1) is 11.8 Å². The van der Waals surface area contributed by atoms with Crippen LogP contribution in [0, 0.1) is 11.3 Å². The van der Waals surface area contributed by atoms with Crippen LogP contribution in [0.15, 0.2) is 48.5 Å². The van der Waals surface area contributed by atoms with E-state index >= 15 is 0 Å². The van der Waals surface area contributed by atoms with Crippen LogP contribution in [0.4, 0.5) is 0 Å². The SMILES string of the molecule is COc1ccc(CCNC(=O)CSCc2ccc(C#N)cc2)cc1. The fourth-order valence-electron chi connectivity index (χ4n) is 2.13. The van der Waals surface area contributed by atoms with Crippen LogP contribution < -0.4 is 10.1 Å². The fraction of sp³-hybridized carbons (Fsp3) is 0.263. The van der Waals surface area contributed by atoms with E-state index in [1.807, 2.05) is 36.4 Å². The highest BCUT2D eigenvalue weighted by molar-refractivity contribution is 7.99. The average Bonchev–Trinajstić information content (AvgIpc) is 2.63. The van der Waals surface area contributed by atoms with Crippen LogP contribution in [0.5, 0.6) is 5.75 Å². The Labute approximate surface area is 146 Å². The molecule has 0 bridgehead atoms. The van der Waals surface area contributed by atoms with Crippen LogP contribution in [0.1, 0.15) is 16.7 Å². The second-order valence-electron chi connectivity index (χ2n) is 5.25. The molecule has 0 saturated carbocycles. The number of benzene rings is 2. The number of ether oxygens (including phenoxy) is 1. The third-order valence-corrected chi connectivity index (χ3v) is 4.48. The second kappa shape index (κ2) is 9.64. The molecule has 2 aromatic carbocycles. The first-order chi connectivity index (χ1) is 11.7. The number of carbonyl (C=O) groups is 1. The zero-order chi connectivity index (χ0) is 17.2. The number of rotatable bonds is 8. The van der Waals surface area contributed by atoms with Gasteiger partial charge in [0.15, 0.2) is 0 Å². The number of nitriles is 1. The van der Waals surface area contributed by atoms with Crippen molar-refractivity contribution in [1.82, 2.24) is 5.32 Å². The third-order valence-electron chi connectivity index (χ3n) is 3.48. The van der Waals surface area contributed by atoms with Crippen molar-refractivity contribution < 1.29 is 9.53 Å². The van der Waals surface area contributed by atoms with Crippen LogP contribution in [0.3, 0.4) is 0 Å². The molecule has 0 aliphatic heterocycles. The summed E-state index contributed by atoms with van der Waals surface area (Å²) in [5.74, 6) is 2.07. The lowest BCUT2D eigenvalue weighted by Gasteiger charge is -2.06. The van der Waals surface area contributed by atoms with Crippen LogP contribution in [-0.2, 0) is 17.0 Å². The Kier molecular flexibility index (Phi) is 7.19. The van der Waals surface area contributed by atoms with Crippen LogP contribution in [0.2, 0.25) is 0 Å². The standard InChI is InChI=1S/C19H20N2O2S/c1-23-18-8-6-15(7-9-18)10-11-21-19(22)14-24-13-17-4-2-16(12-20)3-5-17/h2-9H,10-11,13-14H2,1H3,(H,21,22). The van der Waals surface area contributed by atoms with E-state index in [1.165, 1.54) is 5.56 Å². The molecule has 1 amide bonds. The van der Waals surface area contributed by atoms with Gasteiger partial charge < -0.3 is 10.1 Å². The van der Waals surface area contributed by atoms with Crippen molar-refractivity contribution in [2.75, 3.05) is 19.4 Å². The molecule has 2 aromatic rings. The largest absolute Gasteiger partial charge is 0.497 e. The summed E-state index contributed by atoms with van der Waals surface area (Å²) in [6, 6.07) is 17.4. The molecule has 0 atom stereocenters. The van der Waals surface area contributed by atoms with E-state index in [9.17, 15) is 4.79 Å². The Bertz CT molecular complexity index is 691. The first-order valence-electron chi connectivity index (χ1n) is 7.67. The number of thioether (sulfide) groups is 1. The Balaban J connectivity index is 1.63. The Morgan fingerprint density at radius 2 is 1.79 bits per heavy atom. The van der Waals surface area contributed by atoms with Crippen molar-refractivity contribution in [3.63, 3.8) is 0 Å². The van der Waals surface area contributed by atoms with E-state index in [0.717, 1.165) is 23.5 Å². The van der Waals surface area contributed by atoms with Crippen molar-refractivity contribution >= 4 is 17.7 Å². The minimum Gasteiger partial charge on any atom is -0.497 e. The van der Waals surface area contributed by atoms with E-state index in [0.29, 0.717) is 17.9 Å². The second-order valence-corrected chi connectivity index (χ2v) is 6.24. The van der Waals surface area contributed by atoms with Gasteiger partial charge in [-0.3, -0.25) is 4.79 Å². The van der Waals surface area contributed by atoms with Gasteiger partial charge in [-0.25, -0.2) is 0 Å². The van der Waals surface area contributed by atoms with E-state index in [4.69, 9.17) is 10.00 Å². The van der Waals surface area contributed by atoms with Crippen molar-refractivity contribution in [3.8, 4) is 11.8 Å². The number of nitrogens with zero attached hydrogens (tertiary/aromatic N) is 1. The lowest BCUT2D eigenvalue weighted by molar-refractivity contribution is -0.118. The fourth-order valence-corrected chi connectivity index (χ4v) is 2.94. The van der Waals surface area contributed by atoms with Gasteiger partial charge in [-0.2, -0.15) is 5.26 Å². The van der Waals surface area contributed by atoms with Crippen molar-refractivity contribution in [2.45, 2.75) is 12.2 Å². The molecule has 124 valence electrons. The summed E-state index contributed by atoms with van der Waals surface area (Å²) in [6.07, 6.45) is 0.802. The van der Waals surface area contributed by atoms with Crippen LogP contribution in [-0.4, -0.2) is 25.3 Å². The van der Waals surface area contributed by atoms with E-state index in [-0.39, 0.29) is 5.91 Å². The highest BCUT2D eigenvalue weighted by Crippen LogP contribution is 2.13. The normalized spacial score (nSPS) is 10.0. The summed E-state index contributed by atoms with van der Waals surface area (Å²) in [4.78, 5) is 11.8. The van der Waals surface area contributed by atoms with Crippen molar-refractivity contribution in [3.05, 3.63) is 65.2 Å². The first kappa shape index (κ1) is 17.9. The molecule has 0 unspecified atom stereocenters. The molecule has 0 radical (unpaired) electrons. The molecule has 2 rings (SSSR count). The topological polar surface area (TPSA) is 62.1 Å². The maximum Gasteiger partial charge on any atom is 0.230 e. The zero-order valence-electron chi connectivity index (χ0n) is 13.6. The van der Waals surface area contributed by atoms with Crippen LogP contribution >= 0.6 is 11.8 Å². The molecule has 5 heteroatoms. The summed E-state index contributed by atoms with van der Waals surface area (Å²) in [5.41, 5.74) is 2.94. The van der Waals surface area contributed by atoms with Gasteiger partial charge in [0.1, 0.15) is 5.75 Å². The number of methoxy groups -OCH3 is 1. The summed E-state index contributed by atoms with van der Waals surface area (Å²) >= 11 is 1.57. The van der Waals surface area contributed by atoms with Crippen LogP contribution in [0.25, 0.3) is 0 Å². The maximum atomic E-state index is 11.8. The number of hydrogen-bond donors (Lipinski definition) is 1. The lowest BCUT2D eigenvalue weighted by Crippen LogP contribution is -2.27. The van der Waals surface area contributed by atoms with Gasteiger partial charge in [-0.05, 0) is 41.8 Å². The van der Waals surface area contributed by atoms with Gasteiger partial charge in [0.25, 0.3) is 0 Å². The summed E-state index contributed by atoms with van der Waals surface area (Å²) in [5, 5.41) is 11.7. The van der Waals surface area contributed by atoms with Gasteiger partial charge in [0.2, 0.25) is 5.91 Å². The smallest absolute Gasteiger partial charge is 0.230 e. The Hall–Kier alpha value is -2.45. The molecule has 0 saturated heterocycles. The highest BCUT2D eigenvalue weighted by Gasteiger charge is 2.02. The molecule has 0 aliphatic rings. The molecule has 0 fully saturated rings. The molecule has 0 aromatic heterocycles. The molecule has 0 aliphatic carbocycles. The van der Waals surface area contributed by atoms with E-state index in [1.54, 1.807) is 31.0 Å². The summed E-state index contributed by atoms with van der Waals surface area (Å²) < 4.78 is 5.12. The average molecular weight is 340 g/mol. The van der Waals surface area contributed by atoms with Crippen molar-refractivity contribution in [1.29, 1.82) is 5.26 Å². The predicted molar refractivity (Wildman–Crippen MR) is 97.0 cm³/mol. The molecule has 4 nitrogen and oxygen atoms in total. The molecule has 0 heterocycles. The predicted octanol–water partition coefficient (Wildman–Crippen LogP) is 3.16. The number of nitrogens with one attached hydrogen (secondary N) is 1. The minimum atomic E-state index is 0.0437. The van der Waals surface area contributed by atoms with Gasteiger partial charge in [0.05, 0.1) is 24.5 Å². The third kappa shape index (κ3) is 5.98. The lowest BCUT2D eigenvalue weighted by atomic mass is 10.1. The number of amides is 1. The van der Waals surface area contributed by atoms with Gasteiger partial charge in [0, 0.05) is 12.3 Å². The molecule has 0 spiro atoms. The first-order valence-corrected chi connectivity index (χ1v) is 8.83. The minimum absolute atomic E-state index is 0.0437. The molecular formula is C19H20N2O2S. The quantitative estimate of drug-likeness (QED) is 0.802. The summed E-state index contributed by atoms with van der Waals surface area (Å²) in [6.45, 7) is 0.628. The molecule has 1 N–H and O–H groups in total. The van der Waals surface area contributed by atoms with E-state index in [2.05, 4.69) is 11.4 Å². The summed E-state index contributed by atoms with van der Waals surface area (Å²) in [7, 11) is 1.64. The molecular weight excluding hydrogens is 320 g/mol. The van der Waals surface area contributed by atoms with Gasteiger partial charge >= 0.3 is 0 Å². The van der Waals surface area contributed by atoms with E-state index < -0.39 is 0 Å². The Morgan fingerprint density at radius 3 is 2.42 bits per heavy atom. The zero-order valence-corrected chi connectivity index (χ0v) is 14.4. The number of hydrogen-bond acceptors (Lipinski definition) is 4. The monoisotopic (exact) mass is 340 g/mol. The Morgan fingerprint density at radius 1 is 1.12 bits per heavy atom. The van der Waals surface area contributed by atoms with Gasteiger partial charge in [-0.1, -0.05) is 24.3 Å². The maximum absolute atomic E-state index is 11.8. The van der Waals surface area contributed by atoms with Crippen molar-refractivity contribution in [2.24, 2.45) is 0 Å².